The number of carbonyl (C=O) groups is 1. The van der Waals surface area contributed by atoms with Gasteiger partial charge in [-0.05, 0) is 12.5 Å². The Morgan fingerprint density at radius 3 is 3.20 bits per heavy atom. The molecule has 0 spiro atoms. The molecule has 0 aromatic carbocycles. The first-order valence-corrected chi connectivity index (χ1v) is 7.02. The van der Waals surface area contributed by atoms with Gasteiger partial charge in [-0.25, -0.2) is 4.98 Å². The van der Waals surface area contributed by atoms with Crippen molar-refractivity contribution in [1.82, 2.24) is 10.3 Å². The highest BCUT2D eigenvalue weighted by Gasteiger charge is 2.29. The number of rotatable bonds is 5. The summed E-state index contributed by atoms with van der Waals surface area (Å²) in [6.07, 6.45) is 2.68. The number of carbonyl (C=O) groups excluding carboxylic acids is 1. The summed E-state index contributed by atoms with van der Waals surface area (Å²) < 4.78 is 5.46. The quantitative estimate of drug-likeness (QED) is 0.836. The number of anilines is 2. The predicted octanol–water partition coefficient (Wildman–Crippen LogP) is 0.855. The van der Waals surface area contributed by atoms with Gasteiger partial charge in [0.25, 0.3) is 0 Å². The van der Waals surface area contributed by atoms with Gasteiger partial charge >= 0.3 is 0 Å². The Balaban J connectivity index is 2.15. The third kappa shape index (κ3) is 3.39. The van der Waals surface area contributed by atoms with Crippen LogP contribution in [0.4, 0.5) is 11.5 Å². The maximum Gasteiger partial charge on any atom is 0.245 e. The number of morpholine rings is 1. The third-order valence-electron chi connectivity index (χ3n) is 3.31. The zero-order valence-corrected chi connectivity index (χ0v) is 12.1. The second-order valence-electron chi connectivity index (χ2n) is 4.72. The van der Waals surface area contributed by atoms with Crippen LogP contribution in [0.2, 0.25) is 0 Å². The van der Waals surface area contributed by atoms with Gasteiger partial charge in [-0.15, -0.1) is 0 Å². The second kappa shape index (κ2) is 7.09. The van der Waals surface area contributed by atoms with Gasteiger partial charge in [0, 0.05) is 38.1 Å². The standard InChI is InChI=1S/C14H22N4O2/c1-3-5-17-14(19)12-10-20-8-7-18(12)11-4-6-16-13(9-11)15-2/h4,6,9,12H,3,5,7-8,10H2,1-2H3,(H,15,16)(H,17,19). The van der Waals surface area contributed by atoms with Crippen LogP contribution in [0.3, 0.4) is 0 Å². The lowest BCUT2D eigenvalue weighted by atomic mass is 10.2. The normalized spacial score (nSPS) is 18.7. The van der Waals surface area contributed by atoms with Crippen molar-refractivity contribution in [3.05, 3.63) is 18.3 Å². The molecule has 2 heterocycles. The molecule has 1 unspecified atom stereocenters. The van der Waals surface area contributed by atoms with Gasteiger partial charge < -0.3 is 20.3 Å². The molecule has 110 valence electrons. The van der Waals surface area contributed by atoms with Gasteiger partial charge in [0.05, 0.1) is 13.2 Å². The minimum Gasteiger partial charge on any atom is -0.377 e. The lowest BCUT2D eigenvalue weighted by Crippen LogP contribution is -2.54. The van der Waals surface area contributed by atoms with Gasteiger partial charge in [-0.2, -0.15) is 0 Å². The Kier molecular flexibility index (Phi) is 5.17. The maximum absolute atomic E-state index is 12.2. The summed E-state index contributed by atoms with van der Waals surface area (Å²) in [5.74, 6) is 0.816. The zero-order valence-electron chi connectivity index (χ0n) is 12.1. The van der Waals surface area contributed by atoms with E-state index < -0.39 is 0 Å². The molecule has 0 saturated carbocycles. The molecule has 1 aliphatic rings. The molecule has 20 heavy (non-hydrogen) atoms. The average molecular weight is 278 g/mol. The fourth-order valence-corrected chi connectivity index (χ4v) is 2.23. The summed E-state index contributed by atoms with van der Waals surface area (Å²) in [6, 6.07) is 3.60. The fourth-order valence-electron chi connectivity index (χ4n) is 2.23. The van der Waals surface area contributed by atoms with E-state index in [1.807, 2.05) is 26.1 Å². The van der Waals surface area contributed by atoms with Crippen LogP contribution in [0.1, 0.15) is 13.3 Å². The van der Waals surface area contributed by atoms with Crippen molar-refractivity contribution in [3.8, 4) is 0 Å². The van der Waals surface area contributed by atoms with Crippen LogP contribution in [-0.4, -0.2) is 50.3 Å². The van der Waals surface area contributed by atoms with Crippen molar-refractivity contribution in [2.24, 2.45) is 0 Å². The highest BCUT2D eigenvalue weighted by molar-refractivity contribution is 5.85. The van der Waals surface area contributed by atoms with Crippen molar-refractivity contribution in [1.29, 1.82) is 0 Å². The number of aromatic nitrogens is 1. The van der Waals surface area contributed by atoms with Crippen molar-refractivity contribution >= 4 is 17.4 Å². The number of nitrogens with zero attached hydrogens (tertiary/aromatic N) is 2. The number of hydrogen-bond acceptors (Lipinski definition) is 5. The van der Waals surface area contributed by atoms with Gasteiger partial charge in [-0.1, -0.05) is 6.92 Å². The van der Waals surface area contributed by atoms with E-state index in [2.05, 4.69) is 20.5 Å². The van der Waals surface area contributed by atoms with Crippen LogP contribution in [-0.2, 0) is 9.53 Å². The van der Waals surface area contributed by atoms with E-state index >= 15 is 0 Å². The Labute approximate surface area is 119 Å². The molecule has 1 aromatic heterocycles. The number of pyridine rings is 1. The van der Waals surface area contributed by atoms with Crippen molar-refractivity contribution in [3.63, 3.8) is 0 Å². The summed E-state index contributed by atoms with van der Waals surface area (Å²) in [6.45, 7) is 4.50. The highest BCUT2D eigenvalue weighted by Crippen LogP contribution is 2.21. The van der Waals surface area contributed by atoms with Crippen molar-refractivity contribution in [2.75, 3.05) is 43.6 Å². The summed E-state index contributed by atoms with van der Waals surface area (Å²) in [7, 11) is 1.83. The molecule has 2 N–H and O–H groups in total. The van der Waals surface area contributed by atoms with Crippen molar-refractivity contribution < 1.29 is 9.53 Å². The molecule has 0 radical (unpaired) electrons. The van der Waals surface area contributed by atoms with E-state index in [9.17, 15) is 4.79 Å². The number of amides is 1. The molecule has 1 fully saturated rings. The first-order valence-electron chi connectivity index (χ1n) is 7.02. The molecule has 0 bridgehead atoms. The topological polar surface area (TPSA) is 66.5 Å². The molecule has 1 aliphatic heterocycles. The minimum absolute atomic E-state index is 0.0226. The Bertz CT molecular complexity index is 453. The van der Waals surface area contributed by atoms with Crippen LogP contribution >= 0.6 is 0 Å². The van der Waals surface area contributed by atoms with E-state index in [4.69, 9.17) is 4.74 Å². The van der Waals surface area contributed by atoms with Crippen molar-refractivity contribution in [2.45, 2.75) is 19.4 Å². The number of hydrogen-bond donors (Lipinski definition) is 2. The van der Waals surface area contributed by atoms with E-state index in [0.29, 0.717) is 26.3 Å². The summed E-state index contributed by atoms with van der Waals surface area (Å²) in [5, 5.41) is 5.95. The summed E-state index contributed by atoms with van der Waals surface area (Å²) in [5.41, 5.74) is 0.990. The van der Waals surface area contributed by atoms with Gasteiger partial charge in [0.15, 0.2) is 0 Å². The molecule has 0 aliphatic carbocycles. The monoisotopic (exact) mass is 278 g/mol. The number of ether oxygens (including phenoxy) is 1. The molecule has 6 nitrogen and oxygen atoms in total. The smallest absolute Gasteiger partial charge is 0.245 e. The SMILES string of the molecule is CCCNC(=O)C1COCCN1c1ccnc(NC)c1. The van der Waals surface area contributed by atoms with E-state index in [1.54, 1.807) is 6.20 Å². The summed E-state index contributed by atoms with van der Waals surface area (Å²) in [4.78, 5) is 18.5. The van der Waals surface area contributed by atoms with Gasteiger partial charge in [0.1, 0.15) is 11.9 Å². The molecule has 6 heteroatoms. The lowest BCUT2D eigenvalue weighted by Gasteiger charge is -2.36. The molecule has 2 rings (SSSR count). The average Bonchev–Trinajstić information content (AvgIpc) is 2.52. The van der Waals surface area contributed by atoms with Crippen LogP contribution in [0, 0.1) is 0 Å². The lowest BCUT2D eigenvalue weighted by molar-refractivity contribution is -0.124. The predicted molar refractivity (Wildman–Crippen MR) is 79.0 cm³/mol. The molecular formula is C14H22N4O2. The second-order valence-corrected chi connectivity index (χ2v) is 4.72. The molecule has 1 aromatic rings. The Morgan fingerprint density at radius 2 is 2.45 bits per heavy atom. The largest absolute Gasteiger partial charge is 0.377 e. The van der Waals surface area contributed by atoms with Crippen LogP contribution in [0.15, 0.2) is 18.3 Å². The molecule has 1 saturated heterocycles. The van der Waals surface area contributed by atoms with E-state index in [0.717, 1.165) is 17.9 Å². The highest BCUT2D eigenvalue weighted by atomic mass is 16.5. The van der Waals surface area contributed by atoms with Gasteiger partial charge in [-0.3, -0.25) is 4.79 Å². The third-order valence-corrected chi connectivity index (χ3v) is 3.31. The molecular weight excluding hydrogens is 256 g/mol. The zero-order chi connectivity index (χ0) is 14.4. The first kappa shape index (κ1) is 14.6. The number of nitrogens with one attached hydrogen (secondary N) is 2. The Morgan fingerprint density at radius 1 is 1.60 bits per heavy atom. The minimum atomic E-state index is -0.276. The fraction of sp³-hybridized carbons (Fsp3) is 0.571. The van der Waals surface area contributed by atoms with Gasteiger partial charge in [0.2, 0.25) is 5.91 Å². The van der Waals surface area contributed by atoms with Crippen LogP contribution in [0.5, 0.6) is 0 Å². The van der Waals surface area contributed by atoms with E-state index in [1.165, 1.54) is 0 Å². The molecule has 1 atom stereocenters. The van der Waals surface area contributed by atoms with Crippen LogP contribution in [0.25, 0.3) is 0 Å². The van der Waals surface area contributed by atoms with Crippen LogP contribution < -0.4 is 15.5 Å². The van der Waals surface area contributed by atoms with E-state index in [-0.39, 0.29) is 11.9 Å². The maximum atomic E-state index is 12.2. The first-order chi connectivity index (χ1) is 9.76. The molecule has 1 amide bonds. The Hall–Kier alpha value is -1.82. The summed E-state index contributed by atoms with van der Waals surface area (Å²) >= 11 is 0.